The van der Waals surface area contributed by atoms with Crippen molar-refractivity contribution >= 4 is 5.97 Å². The molecule has 0 radical (unpaired) electrons. The lowest BCUT2D eigenvalue weighted by Gasteiger charge is -2.12. The maximum Gasteiger partial charge on any atom is 0.303 e. The Morgan fingerprint density at radius 3 is 2.79 bits per heavy atom. The van der Waals surface area contributed by atoms with E-state index in [1.165, 1.54) is 5.56 Å². The first-order chi connectivity index (χ1) is 9.02. The van der Waals surface area contributed by atoms with Crippen LogP contribution >= 0.6 is 0 Å². The summed E-state index contributed by atoms with van der Waals surface area (Å²) >= 11 is 0. The predicted octanol–water partition coefficient (Wildman–Crippen LogP) is 2.59. The van der Waals surface area contributed by atoms with Gasteiger partial charge >= 0.3 is 5.97 Å². The van der Waals surface area contributed by atoms with Crippen LogP contribution in [0.15, 0.2) is 18.2 Å². The fourth-order valence-corrected chi connectivity index (χ4v) is 1.97. The number of rotatable bonds is 8. The molecular formula is C15H23NO3. The number of carbonyl (C=O) groups is 1. The van der Waals surface area contributed by atoms with Crippen LogP contribution in [-0.2, 0) is 11.3 Å². The van der Waals surface area contributed by atoms with Gasteiger partial charge in [0, 0.05) is 13.0 Å². The molecule has 0 bridgehead atoms. The highest BCUT2D eigenvalue weighted by molar-refractivity contribution is 5.66. The summed E-state index contributed by atoms with van der Waals surface area (Å²) < 4.78 is 5.49. The smallest absolute Gasteiger partial charge is 0.303 e. The van der Waals surface area contributed by atoms with Gasteiger partial charge < -0.3 is 15.2 Å². The Morgan fingerprint density at radius 2 is 2.21 bits per heavy atom. The molecule has 0 saturated heterocycles. The lowest BCUT2D eigenvalue weighted by molar-refractivity contribution is -0.137. The van der Waals surface area contributed by atoms with E-state index in [1.807, 2.05) is 32.9 Å². The Balaban J connectivity index is 2.41. The summed E-state index contributed by atoms with van der Waals surface area (Å²) in [5, 5.41) is 12.0. The van der Waals surface area contributed by atoms with Crippen LogP contribution in [0, 0.1) is 12.8 Å². The second-order valence-electron chi connectivity index (χ2n) is 4.87. The van der Waals surface area contributed by atoms with E-state index in [-0.39, 0.29) is 12.3 Å². The minimum absolute atomic E-state index is 0.140. The second-order valence-corrected chi connectivity index (χ2v) is 4.87. The zero-order chi connectivity index (χ0) is 14.3. The summed E-state index contributed by atoms with van der Waals surface area (Å²) in [6.07, 6.45) is 0.204. The number of aryl methyl sites for hydroxylation is 1. The normalized spacial score (nSPS) is 12.2. The number of hydrogen-bond donors (Lipinski definition) is 2. The summed E-state index contributed by atoms with van der Waals surface area (Å²) in [7, 11) is 0. The first-order valence-electron chi connectivity index (χ1n) is 6.67. The van der Waals surface area contributed by atoms with Gasteiger partial charge in [-0.15, -0.1) is 0 Å². The van der Waals surface area contributed by atoms with Crippen molar-refractivity contribution in [3.63, 3.8) is 0 Å². The number of nitrogens with one attached hydrogen (secondary N) is 1. The number of carboxylic acid groups (broad SMARTS) is 1. The van der Waals surface area contributed by atoms with Gasteiger partial charge in [-0.25, -0.2) is 0 Å². The third-order valence-corrected chi connectivity index (χ3v) is 2.88. The summed E-state index contributed by atoms with van der Waals surface area (Å²) in [6, 6.07) is 6.11. The van der Waals surface area contributed by atoms with Crippen LogP contribution in [-0.4, -0.2) is 24.2 Å². The first kappa shape index (κ1) is 15.5. The molecule has 1 aromatic carbocycles. The molecule has 1 unspecified atom stereocenters. The van der Waals surface area contributed by atoms with E-state index in [4.69, 9.17) is 9.84 Å². The van der Waals surface area contributed by atoms with Crippen LogP contribution in [0.3, 0.4) is 0 Å². The molecule has 4 nitrogen and oxygen atoms in total. The minimum Gasteiger partial charge on any atom is -0.494 e. The molecule has 0 amide bonds. The summed E-state index contributed by atoms with van der Waals surface area (Å²) in [5.74, 6) is 0.318. The average molecular weight is 265 g/mol. The molecule has 4 heteroatoms. The van der Waals surface area contributed by atoms with Gasteiger partial charge in [0.15, 0.2) is 0 Å². The molecule has 0 aromatic heterocycles. The van der Waals surface area contributed by atoms with Crippen LogP contribution in [0.25, 0.3) is 0 Å². The van der Waals surface area contributed by atoms with Crippen molar-refractivity contribution in [3.8, 4) is 5.75 Å². The van der Waals surface area contributed by atoms with Crippen molar-refractivity contribution in [2.24, 2.45) is 5.92 Å². The van der Waals surface area contributed by atoms with Gasteiger partial charge in [0.05, 0.1) is 6.61 Å². The Morgan fingerprint density at radius 1 is 1.47 bits per heavy atom. The van der Waals surface area contributed by atoms with E-state index in [1.54, 1.807) is 0 Å². The lowest BCUT2D eigenvalue weighted by Crippen LogP contribution is -2.22. The highest BCUT2D eigenvalue weighted by Crippen LogP contribution is 2.19. The van der Waals surface area contributed by atoms with E-state index < -0.39 is 5.97 Å². The van der Waals surface area contributed by atoms with Crippen molar-refractivity contribution in [3.05, 3.63) is 29.3 Å². The predicted molar refractivity (Wildman–Crippen MR) is 75.5 cm³/mol. The van der Waals surface area contributed by atoms with Gasteiger partial charge in [0.25, 0.3) is 0 Å². The molecule has 0 fully saturated rings. The fraction of sp³-hybridized carbons (Fsp3) is 0.533. The molecule has 106 valence electrons. The summed E-state index contributed by atoms with van der Waals surface area (Å²) in [4.78, 5) is 10.5. The molecule has 19 heavy (non-hydrogen) atoms. The molecule has 0 spiro atoms. The summed E-state index contributed by atoms with van der Waals surface area (Å²) in [6.45, 7) is 8.06. The van der Waals surface area contributed by atoms with Crippen molar-refractivity contribution in [1.29, 1.82) is 0 Å². The number of hydrogen-bond acceptors (Lipinski definition) is 3. The molecule has 0 heterocycles. The quantitative estimate of drug-likeness (QED) is 0.758. The number of carboxylic acids is 1. The highest BCUT2D eigenvalue weighted by atomic mass is 16.5. The van der Waals surface area contributed by atoms with Gasteiger partial charge in [-0.3, -0.25) is 4.79 Å². The van der Waals surface area contributed by atoms with Gasteiger partial charge in [0.2, 0.25) is 0 Å². The molecule has 0 aliphatic carbocycles. The Hall–Kier alpha value is -1.55. The monoisotopic (exact) mass is 265 g/mol. The molecule has 1 rings (SSSR count). The Labute approximate surface area is 114 Å². The van der Waals surface area contributed by atoms with Crippen LogP contribution in [0.2, 0.25) is 0 Å². The first-order valence-corrected chi connectivity index (χ1v) is 6.67. The fourth-order valence-electron chi connectivity index (χ4n) is 1.97. The number of benzene rings is 1. The zero-order valence-corrected chi connectivity index (χ0v) is 11.9. The standard InChI is InChI=1S/C15H23NO3/c1-4-19-14-6-5-13(8-12(14)3)10-16-9-11(2)7-15(17)18/h5-6,8,11,16H,4,7,9-10H2,1-3H3,(H,17,18). The Kier molecular flexibility index (Phi) is 6.36. The third-order valence-electron chi connectivity index (χ3n) is 2.88. The zero-order valence-electron chi connectivity index (χ0n) is 11.9. The molecule has 1 aromatic rings. The molecule has 2 N–H and O–H groups in total. The molecule has 1 atom stereocenters. The Bertz CT molecular complexity index is 418. The van der Waals surface area contributed by atoms with Gasteiger partial charge in [-0.1, -0.05) is 19.1 Å². The van der Waals surface area contributed by atoms with Crippen LogP contribution in [0.5, 0.6) is 5.75 Å². The molecular weight excluding hydrogens is 242 g/mol. The van der Waals surface area contributed by atoms with E-state index in [0.29, 0.717) is 13.2 Å². The van der Waals surface area contributed by atoms with Crippen molar-refractivity contribution in [2.45, 2.75) is 33.7 Å². The lowest BCUT2D eigenvalue weighted by atomic mass is 10.1. The van der Waals surface area contributed by atoms with Gasteiger partial charge in [-0.05, 0) is 43.5 Å². The largest absolute Gasteiger partial charge is 0.494 e. The average Bonchev–Trinajstić information content (AvgIpc) is 2.32. The maximum atomic E-state index is 10.5. The minimum atomic E-state index is -0.744. The molecule has 0 aliphatic rings. The van der Waals surface area contributed by atoms with Gasteiger partial charge in [-0.2, -0.15) is 0 Å². The number of aliphatic carboxylic acids is 1. The SMILES string of the molecule is CCOc1ccc(CNCC(C)CC(=O)O)cc1C. The van der Waals surface area contributed by atoms with Crippen LogP contribution < -0.4 is 10.1 Å². The second kappa shape index (κ2) is 7.79. The van der Waals surface area contributed by atoms with Gasteiger partial charge in [0.1, 0.15) is 5.75 Å². The third kappa shape index (κ3) is 5.75. The van der Waals surface area contributed by atoms with Crippen molar-refractivity contribution in [1.82, 2.24) is 5.32 Å². The maximum absolute atomic E-state index is 10.5. The van der Waals surface area contributed by atoms with Crippen LogP contribution in [0.4, 0.5) is 0 Å². The summed E-state index contributed by atoms with van der Waals surface area (Å²) in [5.41, 5.74) is 2.31. The highest BCUT2D eigenvalue weighted by Gasteiger charge is 2.07. The van der Waals surface area contributed by atoms with Crippen LogP contribution in [0.1, 0.15) is 31.4 Å². The van der Waals surface area contributed by atoms with E-state index >= 15 is 0 Å². The molecule has 0 saturated carbocycles. The van der Waals surface area contributed by atoms with Crippen molar-refractivity contribution < 1.29 is 14.6 Å². The van der Waals surface area contributed by atoms with E-state index in [0.717, 1.165) is 17.9 Å². The topological polar surface area (TPSA) is 58.6 Å². The van der Waals surface area contributed by atoms with E-state index in [9.17, 15) is 4.79 Å². The molecule has 0 aliphatic heterocycles. The van der Waals surface area contributed by atoms with E-state index in [2.05, 4.69) is 11.4 Å². The van der Waals surface area contributed by atoms with Crippen molar-refractivity contribution in [2.75, 3.05) is 13.2 Å². The number of ether oxygens (including phenoxy) is 1.